The molecule has 0 saturated heterocycles. The Morgan fingerprint density at radius 1 is 1.16 bits per heavy atom. The number of nitrogens with zero attached hydrogens (tertiary/aromatic N) is 2. The van der Waals surface area contributed by atoms with Crippen molar-refractivity contribution >= 4 is 23.2 Å². The van der Waals surface area contributed by atoms with E-state index < -0.39 is 0 Å². The summed E-state index contributed by atoms with van der Waals surface area (Å²) < 4.78 is 0. The van der Waals surface area contributed by atoms with Gasteiger partial charge in [-0.05, 0) is 31.5 Å². The van der Waals surface area contributed by atoms with Crippen molar-refractivity contribution in [2.45, 2.75) is 20.4 Å². The Balaban J connectivity index is 2.17. The number of benzene rings is 1. The number of rotatable bonds is 4. The van der Waals surface area contributed by atoms with E-state index in [9.17, 15) is 0 Å². The topological polar surface area (TPSA) is 49.8 Å². The van der Waals surface area contributed by atoms with Crippen LogP contribution in [-0.2, 0) is 6.54 Å². The SMILES string of the molecule is CNc1nc(C)nc(NCc2cccc(Cl)c2)c1C. The summed E-state index contributed by atoms with van der Waals surface area (Å²) in [6, 6.07) is 7.78. The van der Waals surface area contributed by atoms with Crippen molar-refractivity contribution in [3.63, 3.8) is 0 Å². The summed E-state index contributed by atoms with van der Waals surface area (Å²) in [5.74, 6) is 2.43. The lowest BCUT2D eigenvalue weighted by Gasteiger charge is -2.12. The van der Waals surface area contributed by atoms with Crippen LogP contribution in [0.2, 0.25) is 5.02 Å². The molecule has 2 rings (SSSR count). The van der Waals surface area contributed by atoms with Crippen molar-refractivity contribution in [1.82, 2.24) is 9.97 Å². The van der Waals surface area contributed by atoms with Gasteiger partial charge in [0.1, 0.15) is 17.5 Å². The van der Waals surface area contributed by atoms with Crippen LogP contribution in [0.3, 0.4) is 0 Å². The maximum atomic E-state index is 5.97. The second-order valence-corrected chi connectivity index (χ2v) is 4.76. The number of hydrogen-bond donors (Lipinski definition) is 2. The number of halogens is 1. The zero-order valence-electron chi connectivity index (χ0n) is 11.3. The molecule has 0 radical (unpaired) electrons. The quantitative estimate of drug-likeness (QED) is 0.899. The van der Waals surface area contributed by atoms with Crippen LogP contribution in [-0.4, -0.2) is 17.0 Å². The third kappa shape index (κ3) is 3.35. The fourth-order valence-corrected chi connectivity index (χ4v) is 2.09. The first kappa shape index (κ1) is 13.6. The summed E-state index contributed by atoms with van der Waals surface area (Å²) in [6.45, 7) is 4.55. The Hall–Kier alpha value is -1.81. The Morgan fingerprint density at radius 2 is 1.89 bits per heavy atom. The summed E-state index contributed by atoms with van der Waals surface area (Å²) in [5.41, 5.74) is 2.13. The normalized spacial score (nSPS) is 10.3. The minimum Gasteiger partial charge on any atom is -0.373 e. The zero-order chi connectivity index (χ0) is 13.8. The van der Waals surface area contributed by atoms with Crippen LogP contribution in [0.4, 0.5) is 11.6 Å². The maximum absolute atomic E-state index is 5.97. The van der Waals surface area contributed by atoms with Gasteiger partial charge in [-0.25, -0.2) is 9.97 Å². The Labute approximate surface area is 118 Å². The smallest absolute Gasteiger partial charge is 0.135 e. The molecule has 0 aliphatic carbocycles. The number of nitrogens with one attached hydrogen (secondary N) is 2. The number of hydrogen-bond acceptors (Lipinski definition) is 4. The van der Waals surface area contributed by atoms with Gasteiger partial charge in [0.05, 0.1) is 0 Å². The van der Waals surface area contributed by atoms with E-state index in [-0.39, 0.29) is 0 Å². The third-order valence-electron chi connectivity index (χ3n) is 2.84. The summed E-state index contributed by atoms with van der Waals surface area (Å²) >= 11 is 5.97. The van der Waals surface area contributed by atoms with Crippen molar-refractivity contribution in [2.24, 2.45) is 0 Å². The lowest BCUT2D eigenvalue weighted by atomic mass is 10.2. The molecule has 1 heterocycles. The number of aryl methyl sites for hydroxylation is 1. The fraction of sp³-hybridized carbons (Fsp3) is 0.286. The predicted octanol–water partition coefficient (Wildman–Crippen LogP) is 3.40. The van der Waals surface area contributed by atoms with Gasteiger partial charge >= 0.3 is 0 Å². The van der Waals surface area contributed by atoms with E-state index in [1.807, 2.05) is 45.2 Å². The second-order valence-electron chi connectivity index (χ2n) is 4.33. The molecule has 2 N–H and O–H groups in total. The van der Waals surface area contributed by atoms with Crippen LogP contribution < -0.4 is 10.6 Å². The maximum Gasteiger partial charge on any atom is 0.135 e. The molecule has 1 aromatic heterocycles. The van der Waals surface area contributed by atoms with Crippen LogP contribution >= 0.6 is 11.6 Å². The van der Waals surface area contributed by atoms with E-state index >= 15 is 0 Å². The Kier molecular flexibility index (Phi) is 4.22. The standard InChI is InChI=1S/C14H17ClN4/c1-9-13(16-3)18-10(2)19-14(9)17-8-11-5-4-6-12(15)7-11/h4-7H,8H2,1-3H3,(H2,16,17,18,19). The van der Waals surface area contributed by atoms with Crippen molar-refractivity contribution < 1.29 is 0 Å². The molecule has 5 heteroatoms. The molecular weight excluding hydrogens is 260 g/mol. The molecule has 4 nitrogen and oxygen atoms in total. The molecule has 0 saturated carbocycles. The average Bonchev–Trinajstić information content (AvgIpc) is 2.39. The van der Waals surface area contributed by atoms with Crippen LogP contribution in [0.1, 0.15) is 17.0 Å². The molecule has 0 amide bonds. The second kappa shape index (κ2) is 5.89. The van der Waals surface area contributed by atoms with Gasteiger partial charge in [-0.15, -0.1) is 0 Å². The molecule has 2 aromatic rings. The van der Waals surface area contributed by atoms with E-state index in [0.29, 0.717) is 6.54 Å². The first-order chi connectivity index (χ1) is 9.10. The third-order valence-corrected chi connectivity index (χ3v) is 3.08. The van der Waals surface area contributed by atoms with E-state index in [0.717, 1.165) is 33.6 Å². The van der Waals surface area contributed by atoms with Gasteiger partial charge in [-0.3, -0.25) is 0 Å². The highest BCUT2D eigenvalue weighted by atomic mass is 35.5. The van der Waals surface area contributed by atoms with E-state index in [1.165, 1.54) is 0 Å². The first-order valence-corrected chi connectivity index (χ1v) is 6.49. The van der Waals surface area contributed by atoms with Gasteiger partial charge in [0.25, 0.3) is 0 Å². The van der Waals surface area contributed by atoms with E-state index in [2.05, 4.69) is 20.6 Å². The lowest BCUT2D eigenvalue weighted by Crippen LogP contribution is -2.08. The van der Waals surface area contributed by atoms with E-state index in [4.69, 9.17) is 11.6 Å². The zero-order valence-corrected chi connectivity index (χ0v) is 12.0. The molecule has 0 aliphatic rings. The minimum atomic E-state index is 0.682. The molecular formula is C14H17ClN4. The molecule has 0 spiro atoms. The molecule has 100 valence electrons. The monoisotopic (exact) mass is 276 g/mol. The minimum absolute atomic E-state index is 0.682. The van der Waals surface area contributed by atoms with Crippen molar-refractivity contribution in [2.75, 3.05) is 17.7 Å². The number of aromatic nitrogens is 2. The largest absolute Gasteiger partial charge is 0.373 e. The van der Waals surface area contributed by atoms with Crippen molar-refractivity contribution in [3.8, 4) is 0 Å². The molecule has 0 aliphatic heterocycles. The Bertz CT molecular complexity index is 584. The fourth-order valence-electron chi connectivity index (χ4n) is 1.88. The highest BCUT2D eigenvalue weighted by Gasteiger charge is 2.07. The molecule has 0 bridgehead atoms. The van der Waals surface area contributed by atoms with Crippen LogP contribution in [0.25, 0.3) is 0 Å². The summed E-state index contributed by atoms with van der Waals surface area (Å²) in [5, 5.41) is 7.14. The van der Waals surface area contributed by atoms with Gasteiger partial charge < -0.3 is 10.6 Å². The van der Waals surface area contributed by atoms with Crippen LogP contribution in [0.15, 0.2) is 24.3 Å². The van der Waals surface area contributed by atoms with Crippen molar-refractivity contribution in [3.05, 3.63) is 46.2 Å². The van der Waals surface area contributed by atoms with Crippen LogP contribution in [0, 0.1) is 13.8 Å². The molecule has 0 atom stereocenters. The van der Waals surface area contributed by atoms with Gasteiger partial charge in [0.2, 0.25) is 0 Å². The highest BCUT2D eigenvalue weighted by Crippen LogP contribution is 2.20. The summed E-state index contributed by atoms with van der Waals surface area (Å²) in [7, 11) is 1.86. The first-order valence-electron chi connectivity index (χ1n) is 6.11. The molecule has 1 aromatic carbocycles. The van der Waals surface area contributed by atoms with Crippen LogP contribution in [0.5, 0.6) is 0 Å². The Morgan fingerprint density at radius 3 is 2.58 bits per heavy atom. The average molecular weight is 277 g/mol. The number of anilines is 2. The molecule has 19 heavy (non-hydrogen) atoms. The van der Waals surface area contributed by atoms with Gasteiger partial charge in [-0.2, -0.15) is 0 Å². The van der Waals surface area contributed by atoms with Gasteiger partial charge in [-0.1, -0.05) is 23.7 Å². The van der Waals surface area contributed by atoms with Gasteiger partial charge in [0.15, 0.2) is 0 Å². The summed E-state index contributed by atoms with van der Waals surface area (Å²) in [4.78, 5) is 8.76. The predicted molar refractivity (Wildman–Crippen MR) is 79.8 cm³/mol. The van der Waals surface area contributed by atoms with Gasteiger partial charge in [0, 0.05) is 24.2 Å². The van der Waals surface area contributed by atoms with Crippen molar-refractivity contribution in [1.29, 1.82) is 0 Å². The summed E-state index contributed by atoms with van der Waals surface area (Å²) in [6.07, 6.45) is 0. The lowest BCUT2D eigenvalue weighted by molar-refractivity contribution is 1.00. The molecule has 0 fully saturated rings. The van der Waals surface area contributed by atoms with E-state index in [1.54, 1.807) is 0 Å². The molecule has 0 unspecified atom stereocenters. The highest BCUT2D eigenvalue weighted by molar-refractivity contribution is 6.30.